The van der Waals surface area contributed by atoms with Gasteiger partial charge >= 0.3 is 0 Å². The van der Waals surface area contributed by atoms with E-state index in [4.69, 9.17) is 16.3 Å². The number of rotatable bonds is 6. The third-order valence-corrected chi connectivity index (χ3v) is 4.53. The maximum absolute atomic E-state index is 13.1. The normalized spacial score (nSPS) is 15.4. The number of amides is 2. The average Bonchev–Trinajstić information content (AvgIpc) is 2.64. The quantitative estimate of drug-likeness (QED) is 0.745. The first-order valence-electron chi connectivity index (χ1n) is 8.71. The van der Waals surface area contributed by atoms with Crippen LogP contribution in [0.3, 0.4) is 0 Å². The summed E-state index contributed by atoms with van der Waals surface area (Å²) >= 11 is 5.99. The van der Waals surface area contributed by atoms with Crippen molar-refractivity contribution in [1.29, 1.82) is 0 Å². The van der Waals surface area contributed by atoms with Crippen LogP contribution in [0, 0.1) is 11.7 Å². The lowest BCUT2D eigenvalue weighted by Gasteiger charge is -2.24. The fraction of sp³-hybridized carbons (Fsp3) is 0.300. The second-order valence-electron chi connectivity index (χ2n) is 6.41. The van der Waals surface area contributed by atoms with E-state index >= 15 is 0 Å². The van der Waals surface area contributed by atoms with Gasteiger partial charge in [0.15, 0.2) is 0 Å². The number of ether oxygens (including phenoxy) is 1. The molecule has 7 heteroatoms. The van der Waals surface area contributed by atoms with E-state index in [-0.39, 0.29) is 30.0 Å². The van der Waals surface area contributed by atoms with Gasteiger partial charge in [0.2, 0.25) is 11.8 Å². The molecule has 0 fully saturated rings. The Labute approximate surface area is 161 Å². The van der Waals surface area contributed by atoms with Gasteiger partial charge in [-0.3, -0.25) is 9.59 Å². The highest BCUT2D eigenvalue weighted by molar-refractivity contribution is 6.30. The van der Waals surface area contributed by atoms with Gasteiger partial charge in [0.1, 0.15) is 18.2 Å². The highest BCUT2D eigenvalue weighted by Crippen LogP contribution is 2.29. The van der Waals surface area contributed by atoms with Crippen LogP contribution in [0.15, 0.2) is 42.5 Å². The number of fused-ring (bicyclic) bond motifs is 1. The van der Waals surface area contributed by atoms with Crippen LogP contribution in [0.1, 0.15) is 11.1 Å². The number of halogens is 2. The van der Waals surface area contributed by atoms with Crippen LogP contribution in [-0.4, -0.2) is 31.5 Å². The molecule has 0 saturated heterocycles. The zero-order valence-corrected chi connectivity index (χ0v) is 15.4. The van der Waals surface area contributed by atoms with E-state index in [9.17, 15) is 14.0 Å². The number of nitrogens with one attached hydrogen (secondary N) is 2. The molecular weight excluding hydrogens is 371 g/mol. The topological polar surface area (TPSA) is 67.4 Å². The zero-order chi connectivity index (χ0) is 19.2. The van der Waals surface area contributed by atoms with Gasteiger partial charge in [-0.2, -0.15) is 0 Å². The molecule has 1 aliphatic rings. The van der Waals surface area contributed by atoms with Crippen LogP contribution in [0.2, 0.25) is 5.02 Å². The average molecular weight is 391 g/mol. The third kappa shape index (κ3) is 5.44. The summed E-state index contributed by atoms with van der Waals surface area (Å²) in [7, 11) is 0. The fourth-order valence-corrected chi connectivity index (χ4v) is 3.15. The van der Waals surface area contributed by atoms with E-state index in [0.717, 1.165) is 11.3 Å². The predicted octanol–water partition coefficient (Wildman–Crippen LogP) is 2.51. The molecule has 2 N–H and O–H groups in total. The molecule has 0 radical (unpaired) electrons. The maximum atomic E-state index is 13.1. The molecule has 27 heavy (non-hydrogen) atoms. The lowest BCUT2D eigenvalue weighted by atomic mass is 9.96. The second-order valence-corrected chi connectivity index (χ2v) is 6.85. The Bertz CT molecular complexity index is 844. The standard InChI is InChI=1S/C20H20ClFN2O3/c21-16-4-5-18-14(11-16)10-15(12-27-18)20(26)24-7-6-23-19(25)9-13-2-1-3-17(22)8-13/h1-5,8,11,15H,6-7,9-10,12H2,(H,23,25)(H,24,26). The Kier molecular flexibility index (Phi) is 6.29. The van der Waals surface area contributed by atoms with Crippen molar-refractivity contribution >= 4 is 23.4 Å². The Morgan fingerprint density at radius 1 is 1.15 bits per heavy atom. The van der Waals surface area contributed by atoms with Gasteiger partial charge in [-0.1, -0.05) is 23.7 Å². The number of carbonyl (C=O) groups is 2. The van der Waals surface area contributed by atoms with Crippen molar-refractivity contribution in [3.05, 3.63) is 64.4 Å². The van der Waals surface area contributed by atoms with E-state index < -0.39 is 0 Å². The molecule has 142 valence electrons. The summed E-state index contributed by atoms with van der Waals surface area (Å²) in [5.41, 5.74) is 1.52. The maximum Gasteiger partial charge on any atom is 0.226 e. The number of hydrogen-bond acceptors (Lipinski definition) is 3. The molecule has 1 heterocycles. The van der Waals surface area contributed by atoms with Gasteiger partial charge in [-0.25, -0.2) is 4.39 Å². The minimum absolute atomic E-state index is 0.0969. The van der Waals surface area contributed by atoms with Gasteiger partial charge in [0, 0.05) is 18.1 Å². The summed E-state index contributed by atoms with van der Waals surface area (Å²) in [6, 6.07) is 11.3. The number of hydrogen-bond donors (Lipinski definition) is 2. The molecule has 0 bridgehead atoms. The summed E-state index contributed by atoms with van der Waals surface area (Å²) in [6.45, 7) is 0.926. The van der Waals surface area contributed by atoms with Crippen LogP contribution < -0.4 is 15.4 Å². The van der Waals surface area contributed by atoms with Crippen LogP contribution in [0.4, 0.5) is 4.39 Å². The fourth-order valence-electron chi connectivity index (χ4n) is 2.96. The van der Waals surface area contributed by atoms with Crippen molar-refractivity contribution in [2.45, 2.75) is 12.8 Å². The molecule has 0 spiro atoms. The highest BCUT2D eigenvalue weighted by atomic mass is 35.5. The largest absolute Gasteiger partial charge is 0.492 e. The molecule has 1 atom stereocenters. The van der Waals surface area contributed by atoms with Crippen LogP contribution in [0.5, 0.6) is 5.75 Å². The van der Waals surface area contributed by atoms with Crippen LogP contribution in [-0.2, 0) is 22.4 Å². The van der Waals surface area contributed by atoms with E-state index in [1.165, 1.54) is 12.1 Å². The summed E-state index contributed by atoms with van der Waals surface area (Å²) in [5.74, 6) is -0.253. The van der Waals surface area contributed by atoms with Crippen LogP contribution in [0.25, 0.3) is 0 Å². The second kappa shape index (κ2) is 8.86. The Morgan fingerprint density at radius 3 is 2.78 bits per heavy atom. The van der Waals surface area contributed by atoms with E-state index in [1.807, 2.05) is 6.07 Å². The van der Waals surface area contributed by atoms with Crippen molar-refractivity contribution in [3.63, 3.8) is 0 Å². The zero-order valence-electron chi connectivity index (χ0n) is 14.6. The van der Waals surface area contributed by atoms with E-state index in [1.54, 1.807) is 24.3 Å². The summed E-state index contributed by atoms with van der Waals surface area (Å²) in [4.78, 5) is 24.1. The monoisotopic (exact) mass is 390 g/mol. The first-order valence-corrected chi connectivity index (χ1v) is 9.09. The van der Waals surface area contributed by atoms with Crippen molar-refractivity contribution < 1.29 is 18.7 Å². The molecule has 2 amide bonds. The molecule has 0 saturated carbocycles. The Balaban J connectivity index is 1.39. The first-order chi connectivity index (χ1) is 13.0. The Hall–Kier alpha value is -2.60. The molecule has 1 unspecified atom stereocenters. The van der Waals surface area contributed by atoms with Gasteiger partial charge < -0.3 is 15.4 Å². The molecule has 0 aromatic heterocycles. The Morgan fingerprint density at radius 2 is 1.96 bits per heavy atom. The van der Waals surface area contributed by atoms with Crippen molar-refractivity contribution in [3.8, 4) is 5.75 Å². The van der Waals surface area contributed by atoms with Gasteiger partial charge in [0.05, 0.1) is 12.3 Å². The number of carbonyl (C=O) groups excluding carboxylic acids is 2. The van der Waals surface area contributed by atoms with Crippen molar-refractivity contribution in [2.75, 3.05) is 19.7 Å². The van der Waals surface area contributed by atoms with E-state index in [2.05, 4.69) is 10.6 Å². The smallest absolute Gasteiger partial charge is 0.226 e. The van der Waals surface area contributed by atoms with Crippen molar-refractivity contribution in [1.82, 2.24) is 10.6 Å². The molecular formula is C20H20ClFN2O3. The summed E-state index contributed by atoms with van der Waals surface area (Å²) in [5, 5.41) is 6.12. The third-order valence-electron chi connectivity index (χ3n) is 4.30. The minimum Gasteiger partial charge on any atom is -0.492 e. The molecule has 2 aromatic carbocycles. The van der Waals surface area contributed by atoms with Gasteiger partial charge in [0.25, 0.3) is 0 Å². The molecule has 3 rings (SSSR count). The SMILES string of the molecule is O=C(Cc1cccc(F)c1)NCCNC(=O)C1COc2ccc(Cl)cc2C1. The molecule has 5 nitrogen and oxygen atoms in total. The lowest BCUT2D eigenvalue weighted by molar-refractivity contribution is -0.126. The highest BCUT2D eigenvalue weighted by Gasteiger charge is 2.25. The van der Waals surface area contributed by atoms with E-state index in [0.29, 0.717) is 36.7 Å². The molecule has 1 aliphatic heterocycles. The summed E-state index contributed by atoms with van der Waals surface area (Å²) in [6.07, 6.45) is 0.660. The molecule has 0 aliphatic carbocycles. The minimum atomic E-state index is -0.370. The van der Waals surface area contributed by atoms with Gasteiger partial charge in [-0.05, 0) is 47.9 Å². The summed E-state index contributed by atoms with van der Waals surface area (Å²) < 4.78 is 18.7. The predicted molar refractivity (Wildman–Crippen MR) is 100 cm³/mol. The number of benzene rings is 2. The van der Waals surface area contributed by atoms with Crippen LogP contribution >= 0.6 is 11.6 Å². The molecule has 2 aromatic rings. The van der Waals surface area contributed by atoms with Gasteiger partial charge in [-0.15, -0.1) is 0 Å². The van der Waals surface area contributed by atoms with Crippen molar-refractivity contribution in [2.24, 2.45) is 5.92 Å². The first kappa shape index (κ1) is 19.2. The lowest BCUT2D eigenvalue weighted by Crippen LogP contribution is -2.41.